The van der Waals surface area contributed by atoms with Gasteiger partial charge in [-0.25, -0.2) is 0 Å². The molecule has 1 heterocycles. The third-order valence-corrected chi connectivity index (χ3v) is 4.23. The van der Waals surface area contributed by atoms with Gasteiger partial charge in [0.1, 0.15) is 0 Å². The lowest BCUT2D eigenvalue weighted by Crippen LogP contribution is -2.39. The average Bonchev–Trinajstić information content (AvgIpc) is 2.46. The van der Waals surface area contributed by atoms with E-state index >= 15 is 0 Å². The monoisotopic (exact) mass is 274 g/mol. The van der Waals surface area contributed by atoms with Gasteiger partial charge in [0.15, 0.2) is 0 Å². The summed E-state index contributed by atoms with van der Waals surface area (Å²) >= 11 is 0. The molecule has 1 saturated heterocycles. The Hall–Kier alpha value is -0.860. The van der Waals surface area contributed by atoms with Crippen LogP contribution < -0.4 is 5.32 Å². The summed E-state index contributed by atoms with van der Waals surface area (Å²) in [6.45, 7) is 10.6. The molecule has 0 saturated carbocycles. The predicted molar refractivity (Wildman–Crippen MR) is 87.0 cm³/mol. The second-order valence-corrected chi connectivity index (χ2v) is 6.57. The summed E-state index contributed by atoms with van der Waals surface area (Å²) in [5.74, 6) is 1.64. The minimum Gasteiger partial charge on any atom is -0.315 e. The first-order valence-corrected chi connectivity index (χ1v) is 8.21. The van der Waals surface area contributed by atoms with Crippen LogP contribution in [0.4, 0.5) is 0 Å². The molecule has 0 amide bonds. The Bertz CT molecular complexity index is 353. The summed E-state index contributed by atoms with van der Waals surface area (Å²) in [5.41, 5.74) is 1.50. The van der Waals surface area contributed by atoms with Gasteiger partial charge in [-0.1, -0.05) is 44.2 Å². The molecule has 2 nitrogen and oxygen atoms in total. The molecule has 0 bridgehead atoms. The molecule has 0 aromatic heterocycles. The van der Waals surface area contributed by atoms with E-state index in [2.05, 4.69) is 54.4 Å². The fourth-order valence-corrected chi connectivity index (χ4v) is 2.99. The average molecular weight is 274 g/mol. The standard InChI is InChI=1S/C18H30N2/c1-16(2)15-19-10-13-20-11-8-18(9-12-20)14-17-6-4-3-5-7-17/h3-7,16,18-19H,8-15H2,1-2H3. The third kappa shape index (κ3) is 5.64. The van der Waals surface area contributed by atoms with E-state index in [-0.39, 0.29) is 0 Å². The quantitative estimate of drug-likeness (QED) is 0.768. The normalized spacial score (nSPS) is 17.8. The van der Waals surface area contributed by atoms with Crippen LogP contribution in [0.2, 0.25) is 0 Å². The molecule has 2 heteroatoms. The van der Waals surface area contributed by atoms with Crippen LogP contribution in [-0.2, 0) is 6.42 Å². The molecule has 1 aromatic rings. The van der Waals surface area contributed by atoms with Crippen LogP contribution >= 0.6 is 0 Å². The molecule has 112 valence electrons. The summed E-state index contributed by atoms with van der Waals surface area (Å²) in [7, 11) is 0. The molecule has 2 rings (SSSR count). The number of hydrogen-bond donors (Lipinski definition) is 1. The van der Waals surface area contributed by atoms with Gasteiger partial charge in [0.2, 0.25) is 0 Å². The molecule has 1 aliphatic rings. The van der Waals surface area contributed by atoms with Gasteiger partial charge in [-0.2, -0.15) is 0 Å². The second kappa shape index (κ2) is 8.43. The largest absolute Gasteiger partial charge is 0.315 e. The van der Waals surface area contributed by atoms with E-state index in [1.165, 1.54) is 44.5 Å². The van der Waals surface area contributed by atoms with E-state index < -0.39 is 0 Å². The minimum atomic E-state index is 0.756. The van der Waals surface area contributed by atoms with E-state index in [4.69, 9.17) is 0 Å². The van der Waals surface area contributed by atoms with E-state index in [0.29, 0.717) is 0 Å². The summed E-state index contributed by atoms with van der Waals surface area (Å²) in [4.78, 5) is 2.62. The number of nitrogens with zero attached hydrogens (tertiary/aromatic N) is 1. The fraction of sp³-hybridized carbons (Fsp3) is 0.667. The van der Waals surface area contributed by atoms with Crippen LogP contribution in [-0.4, -0.2) is 37.6 Å². The summed E-state index contributed by atoms with van der Waals surface area (Å²) < 4.78 is 0. The maximum absolute atomic E-state index is 3.54. The topological polar surface area (TPSA) is 15.3 Å². The summed E-state index contributed by atoms with van der Waals surface area (Å²) in [5, 5.41) is 3.54. The van der Waals surface area contributed by atoms with Crippen molar-refractivity contribution >= 4 is 0 Å². The first-order valence-electron chi connectivity index (χ1n) is 8.21. The molecule has 0 radical (unpaired) electrons. The Labute approximate surface area is 124 Å². The van der Waals surface area contributed by atoms with Gasteiger partial charge in [0.05, 0.1) is 0 Å². The van der Waals surface area contributed by atoms with Crippen molar-refractivity contribution in [3.8, 4) is 0 Å². The van der Waals surface area contributed by atoms with E-state index in [9.17, 15) is 0 Å². The van der Waals surface area contributed by atoms with Crippen LogP contribution in [0.1, 0.15) is 32.3 Å². The van der Waals surface area contributed by atoms with E-state index in [1.807, 2.05) is 0 Å². The van der Waals surface area contributed by atoms with Crippen LogP contribution in [0.15, 0.2) is 30.3 Å². The van der Waals surface area contributed by atoms with Crippen molar-refractivity contribution in [2.24, 2.45) is 11.8 Å². The molecule has 0 aliphatic carbocycles. The number of likely N-dealkylation sites (tertiary alicyclic amines) is 1. The van der Waals surface area contributed by atoms with Crippen molar-refractivity contribution in [1.82, 2.24) is 10.2 Å². The van der Waals surface area contributed by atoms with Crippen LogP contribution in [0.25, 0.3) is 0 Å². The highest BCUT2D eigenvalue weighted by atomic mass is 15.1. The highest BCUT2D eigenvalue weighted by Gasteiger charge is 2.18. The first-order chi connectivity index (χ1) is 9.74. The predicted octanol–water partition coefficient (Wildman–Crippen LogP) is 3.19. The maximum atomic E-state index is 3.54. The molecule has 1 N–H and O–H groups in total. The Kier molecular flexibility index (Phi) is 6.55. The van der Waals surface area contributed by atoms with Gasteiger partial charge >= 0.3 is 0 Å². The van der Waals surface area contributed by atoms with Gasteiger partial charge < -0.3 is 10.2 Å². The SMILES string of the molecule is CC(C)CNCCN1CCC(Cc2ccccc2)CC1. The zero-order valence-corrected chi connectivity index (χ0v) is 13.1. The Morgan fingerprint density at radius 3 is 2.50 bits per heavy atom. The van der Waals surface area contributed by atoms with E-state index in [1.54, 1.807) is 0 Å². The highest BCUT2D eigenvalue weighted by molar-refractivity contribution is 5.15. The zero-order valence-electron chi connectivity index (χ0n) is 13.1. The van der Waals surface area contributed by atoms with Gasteiger partial charge in [0.25, 0.3) is 0 Å². The summed E-state index contributed by atoms with van der Waals surface area (Å²) in [6.07, 6.45) is 3.98. The minimum absolute atomic E-state index is 0.756. The van der Waals surface area contributed by atoms with Crippen molar-refractivity contribution in [3.05, 3.63) is 35.9 Å². The van der Waals surface area contributed by atoms with Crippen LogP contribution in [0.3, 0.4) is 0 Å². The Balaban J connectivity index is 1.60. The van der Waals surface area contributed by atoms with Crippen molar-refractivity contribution in [1.29, 1.82) is 0 Å². The first kappa shape index (κ1) is 15.5. The van der Waals surface area contributed by atoms with Gasteiger partial charge in [-0.3, -0.25) is 0 Å². The number of hydrogen-bond acceptors (Lipinski definition) is 2. The lowest BCUT2D eigenvalue weighted by molar-refractivity contribution is 0.184. The smallest absolute Gasteiger partial charge is 0.0107 e. The van der Waals surface area contributed by atoms with Gasteiger partial charge in [0, 0.05) is 13.1 Å². The Morgan fingerprint density at radius 2 is 1.85 bits per heavy atom. The molecule has 1 aliphatic heterocycles. The molecule has 1 fully saturated rings. The third-order valence-electron chi connectivity index (χ3n) is 4.23. The molecule has 0 spiro atoms. The van der Waals surface area contributed by atoms with Crippen LogP contribution in [0, 0.1) is 11.8 Å². The number of benzene rings is 1. The van der Waals surface area contributed by atoms with Crippen molar-refractivity contribution in [2.75, 3.05) is 32.7 Å². The lowest BCUT2D eigenvalue weighted by atomic mass is 9.90. The summed E-state index contributed by atoms with van der Waals surface area (Å²) in [6, 6.07) is 11.0. The van der Waals surface area contributed by atoms with Gasteiger partial charge in [-0.15, -0.1) is 0 Å². The van der Waals surface area contributed by atoms with Crippen molar-refractivity contribution in [2.45, 2.75) is 33.1 Å². The molecular formula is C18H30N2. The molecule has 20 heavy (non-hydrogen) atoms. The Morgan fingerprint density at radius 1 is 1.15 bits per heavy atom. The lowest BCUT2D eigenvalue weighted by Gasteiger charge is -2.32. The zero-order chi connectivity index (χ0) is 14.2. The van der Waals surface area contributed by atoms with Crippen LogP contribution in [0.5, 0.6) is 0 Å². The van der Waals surface area contributed by atoms with Crippen molar-refractivity contribution < 1.29 is 0 Å². The second-order valence-electron chi connectivity index (χ2n) is 6.57. The van der Waals surface area contributed by atoms with Crippen molar-refractivity contribution in [3.63, 3.8) is 0 Å². The number of piperidine rings is 1. The number of rotatable bonds is 7. The molecule has 1 aromatic carbocycles. The maximum Gasteiger partial charge on any atom is 0.0107 e. The molecular weight excluding hydrogens is 244 g/mol. The highest BCUT2D eigenvalue weighted by Crippen LogP contribution is 2.21. The van der Waals surface area contributed by atoms with E-state index in [0.717, 1.165) is 24.9 Å². The fourth-order valence-electron chi connectivity index (χ4n) is 2.99. The molecule has 0 atom stereocenters. The number of nitrogens with one attached hydrogen (secondary N) is 1. The molecule has 0 unspecified atom stereocenters. The van der Waals surface area contributed by atoms with Gasteiger partial charge in [-0.05, 0) is 56.3 Å².